The van der Waals surface area contributed by atoms with Gasteiger partial charge in [-0.05, 0) is 75.6 Å². The van der Waals surface area contributed by atoms with E-state index < -0.39 is 47.8 Å². The number of fused-ring (bicyclic) bond motifs is 1. The number of aromatic hydroxyl groups is 1. The Morgan fingerprint density at radius 2 is 1.74 bits per heavy atom. The molecule has 1 aliphatic heterocycles. The van der Waals surface area contributed by atoms with Gasteiger partial charge in [-0.2, -0.15) is 0 Å². The molecule has 5 atom stereocenters. The molecule has 12 heteroatoms. The monoisotopic (exact) mass is 546 g/mol. The molecule has 214 valence electrons. The first-order chi connectivity index (χ1) is 18.6. The van der Waals surface area contributed by atoms with Gasteiger partial charge in [-0.15, -0.1) is 0 Å². The Labute approximate surface area is 226 Å². The molecule has 1 aromatic rings. The summed E-state index contributed by atoms with van der Waals surface area (Å²) in [6, 6.07) is 2.02. The van der Waals surface area contributed by atoms with Crippen LogP contribution >= 0.6 is 0 Å². The zero-order valence-corrected chi connectivity index (χ0v) is 21.9. The van der Waals surface area contributed by atoms with E-state index in [1.165, 1.54) is 29.2 Å². The highest BCUT2D eigenvalue weighted by atomic mass is 16.4. The van der Waals surface area contributed by atoms with Gasteiger partial charge in [-0.1, -0.05) is 18.9 Å². The third kappa shape index (κ3) is 7.92. The zero-order valence-electron chi connectivity index (χ0n) is 21.9. The SMILES string of the molecule is NCCCC[C@H](NC(=O)c1cccc(O)c1)C(=O)N[C@H](CCC(=O)N1[C@H](C(=O)O)C[C@@H]2CCCC[C@@H]21)C(=O)O. The van der Waals surface area contributed by atoms with Gasteiger partial charge in [0.15, 0.2) is 0 Å². The molecule has 0 aromatic heterocycles. The van der Waals surface area contributed by atoms with Crippen LogP contribution in [-0.4, -0.2) is 80.6 Å². The topological polar surface area (TPSA) is 199 Å². The van der Waals surface area contributed by atoms with Crippen LogP contribution in [0.25, 0.3) is 0 Å². The predicted octanol–water partition coefficient (Wildman–Crippen LogP) is 1.21. The van der Waals surface area contributed by atoms with Crippen molar-refractivity contribution >= 4 is 29.7 Å². The molecule has 1 aliphatic carbocycles. The second-order valence-corrected chi connectivity index (χ2v) is 10.3. The van der Waals surface area contributed by atoms with Crippen LogP contribution in [0.5, 0.6) is 5.75 Å². The van der Waals surface area contributed by atoms with Gasteiger partial charge in [-0.3, -0.25) is 14.4 Å². The van der Waals surface area contributed by atoms with E-state index in [2.05, 4.69) is 10.6 Å². The number of nitrogens with one attached hydrogen (secondary N) is 2. The van der Waals surface area contributed by atoms with E-state index in [-0.39, 0.29) is 42.5 Å². The molecule has 0 radical (unpaired) electrons. The number of hydrogen-bond acceptors (Lipinski definition) is 7. The first kappa shape index (κ1) is 29.9. The number of phenolic OH excluding ortho intramolecular Hbond substituents is 1. The van der Waals surface area contributed by atoms with E-state index >= 15 is 0 Å². The number of hydrogen-bond donors (Lipinski definition) is 6. The van der Waals surface area contributed by atoms with E-state index in [0.717, 1.165) is 25.7 Å². The van der Waals surface area contributed by atoms with Crippen molar-refractivity contribution in [3.8, 4) is 5.75 Å². The normalized spacial score (nSPS) is 21.9. The largest absolute Gasteiger partial charge is 0.508 e. The maximum Gasteiger partial charge on any atom is 0.326 e. The molecular weight excluding hydrogens is 508 g/mol. The number of benzene rings is 1. The molecule has 2 aliphatic rings. The Morgan fingerprint density at radius 1 is 1.00 bits per heavy atom. The second kappa shape index (κ2) is 13.9. The highest BCUT2D eigenvalue weighted by molar-refractivity contribution is 5.98. The molecule has 1 aromatic carbocycles. The van der Waals surface area contributed by atoms with Crippen LogP contribution in [0.2, 0.25) is 0 Å². The van der Waals surface area contributed by atoms with E-state index in [1.54, 1.807) is 0 Å². The van der Waals surface area contributed by atoms with E-state index in [9.17, 15) is 39.3 Å². The van der Waals surface area contributed by atoms with Crippen LogP contribution in [-0.2, 0) is 19.2 Å². The Hall–Kier alpha value is -3.67. The zero-order chi connectivity index (χ0) is 28.5. The summed E-state index contributed by atoms with van der Waals surface area (Å²) in [6.07, 6.45) is 4.72. The number of nitrogens with zero attached hydrogens (tertiary/aromatic N) is 1. The van der Waals surface area contributed by atoms with Crippen molar-refractivity contribution in [3.05, 3.63) is 29.8 Å². The van der Waals surface area contributed by atoms with Gasteiger partial charge in [0, 0.05) is 18.0 Å². The van der Waals surface area contributed by atoms with Crippen molar-refractivity contribution in [1.29, 1.82) is 0 Å². The lowest BCUT2D eigenvalue weighted by atomic mass is 9.84. The third-order valence-electron chi connectivity index (χ3n) is 7.60. The molecule has 3 amide bonds. The molecule has 0 unspecified atom stereocenters. The van der Waals surface area contributed by atoms with Crippen LogP contribution in [0.3, 0.4) is 0 Å². The molecule has 12 nitrogen and oxygen atoms in total. The fraction of sp³-hybridized carbons (Fsp3) is 0.593. The molecule has 1 saturated heterocycles. The first-order valence-corrected chi connectivity index (χ1v) is 13.5. The number of carboxylic acid groups (broad SMARTS) is 2. The number of amides is 3. The van der Waals surface area contributed by atoms with Gasteiger partial charge in [0.2, 0.25) is 11.8 Å². The van der Waals surface area contributed by atoms with Crippen molar-refractivity contribution < 1.29 is 39.3 Å². The molecule has 1 heterocycles. The summed E-state index contributed by atoms with van der Waals surface area (Å²) in [5.74, 6) is -4.18. The minimum atomic E-state index is -1.41. The number of phenols is 1. The molecular formula is C27H38N4O8. The minimum absolute atomic E-state index is 0.120. The van der Waals surface area contributed by atoms with Crippen molar-refractivity contribution in [3.63, 3.8) is 0 Å². The number of rotatable bonds is 13. The fourth-order valence-electron chi connectivity index (χ4n) is 5.62. The fourth-order valence-corrected chi connectivity index (χ4v) is 5.62. The van der Waals surface area contributed by atoms with Crippen LogP contribution in [0.4, 0.5) is 0 Å². The highest BCUT2D eigenvalue weighted by Gasteiger charge is 2.47. The maximum atomic E-state index is 13.1. The summed E-state index contributed by atoms with van der Waals surface area (Å²) < 4.78 is 0. The lowest BCUT2D eigenvalue weighted by molar-refractivity contribution is -0.150. The average Bonchev–Trinajstić information content (AvgIpc) is 3.30. The number of carbonyl (C=O) groups is 5. The Balaban J connectivity index is 1.65. The molecule has 39 heavy (non-hydrogen) atoms. The van der Waals surface area contributed by atoms with Gasteiger partial charge >= 0.3 is 11.9 Å². The number of unbranched alkanes of at least 4 members (excludes halogenated alkanes) is 1. The Morgan fingerprint density at radius 3 is 2.41 bits per heavy atom. The van der Waals surface area contributed by atoms with Gasteiger partial charge in [-0.25, -0.2) is 9.59 Å². The standard InChI is InChI=1S/C27H38N4O8/c28-13-4-3-9-19(29-24(34)17-7-5-8-18(32)14-17)25(35)30-20(26(36)37)11-12-23(33)31-21-10-2-1-6-16(21)15-22(31)27(38)39/h5,7-8,14,16,19-22,32H,1-4,6,9-13,15,28H2,(H,29,34)(H,30,35)(H,36,37)(H,38,39)/t16-,19-,20+,21-,22-/m0/s1. The van der Waals surface area contributed by atoms with Crippen molar-refractivity contribution in [2.45, 2.75) is 88.4 Å². The van der Waals surface area contributed by atoms with Crippen LogP contribution in [0, 0.1) is 5.92 Å². The molecule has 0 spiro atoms. The molecule has 7 N–H and O–H groups in total. The summed E-state index contributed by atoms with van der Waals surface area (Å²) in [5, 5.41) is 34.1. The summed E-state index contributed by atoms with van der Waals surface area (Å²) in [4.78, 5) is 64.1. The van der Waals surface area contributed by atoms with Gasteiger partial charge in [0.05, 0.1) is 0 Å². The number of carboxylic acids is 2. The Kier molecular flexibility index (Phi) is 10.7. The van der Waals surface area contributed by atoms with Gasteiger partial charge in [0.25, 0.3) is 5.91 Å². The maximum absolute atomic E-state index is 13.1. The second-order valence-electron chi connectivity index (χ2n) is 10.3. The van der Waals surface area contributed by atoms with Crippen molar-refractivity contribution in [1.82, 2.24) is 15.5 Å². The smallest absolute Gasteiger partial charge is 0.326 e. The van der Waals surface area contributed by atoms with Gasteiger partial charge in [0.1, 0.15) is 23.9 Å². The molecule has 2 fully saturated rings. The summed E-state index contributed by atoms with van der Waals surface area (Å²) in [5.41, 5.74) is 5.67. The molecule has 1 saturated carbocycles. The minimum Gasteiger partial charge on any atom is -0.508 e. The number of likely N-dealkylation sites (tertiary alicyclic amines) is 1. The van der Waals surface area contributed by atoms with E-state index in [4.69, 9.17) is 5.73 Å². The number of carbonyl (C=O) groups excluding carboxylic acids is 3. The average molecular weight is 547 g/mol. The lowest BCUT2D eigenvalue weighted by Crippen LogP contribution is -2.52. The quantitative estimate of drug-likeness (QED) is 0.197. The van der Waals surface area contributed by atoms with Crippen molar-refractivity contribution in [2.75, 3.05) is 6.54 Å². The van der Waals surface area contributed by atoms with Crippen molar-refractivity contribution in [2.24, 2.45) is 11.7 Å². The summed E-state index contributed by atoms with van der Waals surface area (Å²) in [6.45, 7) is 0.379. The Bertz CT molecular complexity index is 1060. The summed E-state index contributed by atoms with van der Waals surface area (Å²) in [7, 11) is 0. The van der Waals surface area contributed by atoms with E-state index in [0.29, 0.717) is 25.8 Å². The van der Waals surface area contributed by atoms with E-state index in [1.807, 2.05) is 0 Å². The van der Waals surface area contributed by atoms with Gasteiger partial charge < -0.3 is 36.6 Å². The molecule has 3 rings (SSSR count). The molecule has 0 bridgehead atoms. The van der Waals surface area contributed by atoms with Crippen LogP contribution < -0.4 is 16.4 Å². The first-order valence-electron chi connectivity index (χ1n) is 13.5. The third-order valence-corrected chi connectivity index (χ3v) is 7.60. The predicted molar refractivity (Wildman–Crippen MR) is 140 cm³/mol. The number of aliphatic carboxylic acids is 2. The van der Waals surface area contributed by atoms with Crippen LogP contribution in [0.1, 0.15) is 74.6 Å². The lowest BCUT2D eigenvalue weighted by Gasteiger charge is -2.33. The number of nitrogens with two attached hydrogens (primary N) is 1. The van der Waals surface area contributed by atoms with Crippen LogP contribution in [0.15, 0.2) is 24.3 Å². The highest BCUT2D eigenvalue weighted by Crippen LogP contribution is 2.40. The summed E-state index contributed by atoms with van der Waals surface area (Å²) >= 11 is 0.